The van der Waals surface area contributed by atoms with Crippen LogP contribution >= 0.6 is 0 Å². The molecule has 0 saturated carbocycles. The average Bonchev–Trinajstić information content (AvgIpc) is 2.27. The van der Waals surface area contributed by atoms with Gasteiger partial charge in [0, 0.05) is 0 Å². The van der Waals surface area contributed by atoms with Crippen LogP contribution in [0.5, 0.6) is 0 Å². The number of hydrogen-bond acceptors (Lipinski definition) is 3. The molecule has 0 amide bonds. The van der Waals surface area contributed by atoms with Crippen molar-refractivity contribution in [3.8, 4) is 0 Å². The van der Waals surface area contributed by atoms with E-state index in [0.29, 0.717) is 18.4 Å². The molecule has 1 aliphatic rings. The lowest BCUT2D eigenvalue weighted by Gasteiger charge is -2.12. The molecule has 1 aliphatic carbocycles. The van der Waals surface area contributed by atoms with Crippen molar-refractivity contribution < 1.29 is 18.7 Å². The number of Topliss-reactive ketones (excluding diaryl/α,β-unsaturated/α-hetero) is 1. The van der Waals surface area contributed by atoms with Gasteiger partial charge in [-0.3, -0.25) is 4.79 Å². The maximum Gasteiger partial charge on any atom is 0.348 e. The van der Waals surface area contributed by atoms with Gasteiger partial charge in [0.1, 0.15) is 0 Å². The monoisotopic (exact) mass is 226 g/mol. The first kappa shape index (κ1) is 12.6. The van der Waals surface area contributed by atoms with Crippen molar-refractivity contribution in [2.75, 3.05) is 6.61 Å². The first-order valence-corrected chi connectivity index (χ1v) is 5.28. The van der Waals surface area contributed by atoms with E-state index in [-0.39, 0.29) is 6.61 Å². The molecule has 0 spiro atoms. The molecule has 0 bridgehead atoms. The van der Waals surface area contributed by atoms with Crippen LogP contribution in [0.3, 0.4) is 0 Å². The van der Waals surface area contributed by atoms with E-state index in [0.717, 1.165) is 5.57 Å². The van der Waals surface area contributed by atoms with Gasteiger partial charge in [0.15, 0.2) is 0 Å². The molecule has 1 unspecified atom stereocenters. The summed E-state index contributed by atoms with van der Waals surface area (Å²) in [6.07, 6.45) is 2.60. The van der Waals surface area contributed by atoms with Crippen molar-refractivity contribution in [3.05, 3.63) is 23.3 Å². The number of carbonyl (C=O) groups excluding carboxylic acids is 2. The minimum absolute atomic E-state index is 0.0739. The summed E-state index contributed by atoms with van der Waals surface area (Å²) in [7, 11) is 0. The maximum atomic E-state index is 13.4. The fourth-order valence-electron chi connectivity index (χ4n) is 1.54. The van der Waals surface area contributed by atoms with Crippen LogP contribution in [0.2, 0.25) is 0 Å². The van der Waals surface area contributed by atoms with Gasteiger partial charge in [-0.25, -0.2) is 9.18 Å². The molecule has 4 heteroatoms. The Morgan fingerprint density at radius 2 is 2.25 bits per heavy atom. The van der Waals surface area contributed by atoms with E-state index in [9.17, 15) is 14.0 Å². The van der Waals surface area contributed by atoms with Crippen molar-refractivity contribution in [2.24, 2.45) is 0 Å². The van der Waals surface area contributed by atoms with Crippen LogP contribution in [0.15, 0.2) is 23.3 Å². The molecule has 3 nitrogen and oxygen atoms in total. The third kappa shape index (κ3) is 3.02. The molecule has 1 rings (SSSR count). The van der Waals surface area contributed by atoms with Gasteiger partial charge in [0.05, 0.1) is 6.61 Å². The summed E-state index contributed by atoms with van der Waals surface area (Å²) < 4.78 is 17.9. The van der Waals surface area contributed by atoms with Crippen LogP contribution in [0.1, 0.15) is 26.7 Å². The minimum Gasteiger partial charge on any atom is -0.463 e. The highest BCUT2D eigenvalue weighted by Crippen LogP contribution is 2.20. The van der Waals surface area contributed by atoms with Crippen LogP contribution in [-0.4, -0.2) is 24.5 Å². The van der Waals surface area contributed by atoms with Crippen molar-refractivity contribution in [1.29, 1.82) is 0 Å². The fourth-order valence-corrected chi connectivity index (χ4v) is 1.54. The van der Waals surface area contributed by atoms with E-state index in [1.54, 1.807) is 13.0 Å². The Morgan fingerprint density at radius 3 is 2.81 bits per heavy atom. The summed E-state index contributed by atoms with van der Waals surface area (Å²) in [6.45, 7) is 3.48. The number of ether oxygens (including phenoxy) is 1. The molecule has 88 valence electrons. The third-order valence-corrected chi connectivity index (χ3v) is 2.32. The SMILES string of the molecule is CCOC(=O)C(F)C(=O)C1=CC(C)=CCC1. The largest absolute Gasteiger partial charge is 0.463 e. The van der Waals surface area contributed by atoms with Gasteiger partial charge in [-0.1, -0.05) is 17.7 Å². The van der Waals surface area contributed by atoms with Crippen molar-refractivity contribution in [3.63, 3.8) is 0 Å². The summed E-state index contributed by atoms with van der Waals surface area (Å²) in [6, 6.07) is 0. The Balaban J connectivity index is 2.71. The van der Waals surface area contributed by atoms with Gasteiger partial charge in [-0.2, -0.15) is 0 Å². The summed E-state index contributed by atoms with van der Waals surface area (Å²) in [5, 5.41) is 0. The lowest BCUT2D eigenvalue weighted by molar-refractivity contribution is -0.151. The summed E-state index contributed by atoms with van der Waals surface area (Å²) in [5.41, 5.74) is 1.28. The summed E-state index contributed by atoms with van der Waals surface area (Å²) in [4.78, 5) is 22.6. The van der Waals surface area contributed by atoms with E-state index in [4.69, 9.17) is 0 Å². The Kier molecular flexibility index (Phi) is 4.40. The molecule has 0 fully saturated rings. The van der Waals surface area contributed by atoms with E-state index in [2.05, 4.69) is 4.74 Å². The normalized spacial score (nSPS) is 17.2. The van der Waals surface area contributed by atoms with Crippen LogP contribution in [0.25, 0.3) is 0 Å². The van der Waals surface area contributed by atoms with Crippen LogP contribution < -0.4 is 0 Å². The number of carbonyl (C=O) groups is 2. The van der Waals surface area contributed by atoms with Gasteiger partial charge >= 0.3 is 5.97 Å². The second-order valence-electron chi connectivity index (χ2n) is 3.64. The van der Waals surface area contributed by atoms with Gasteiger partial charge in [0.2, 0.25) is 5.78 Å². The molecule has 1 atom stereocenters. The highest BCUT2D eigenvalue weighted by atomic mass is 19.1. The molecule has 0 aromatic carbocycles. The molecule has 0 saturated heterocycles. The second kappa shape index (κ2) is 5.58. The number of halogens is 1. The predicted molar refractivity (Wildman–Crippen MR) is 57.6 cm³/mol. The Bertz CT molecular complexity index is 355. The molecular formula is C12H15FO3. The zero-order chi connectivity index (χ0) is 12.1. The van der Waals surface area contributed by atoms with Gasteiger partial charge in [-0.05, 0) is 32.3 Å². The topological polar surface area (TPSA) is 43.4 Å². The predicted octanol–water partition coefficient (Wildman–Crippen LogP) is 2.12. The third-order valence-electron chi connectivity index (χ3n) is 2.32. The first-order chi connectivity index (χ1) is 7.56. The maximum absolute atomic E-state index is 13.4. The van der Waals surface area contributed by atoms with E-state index in [1.165, 1.54) is 0 Å². The molecular weight excluding hydrogens is 211 g/mol. The summed E-state index contributed by atoms with van der Waals surface area (Å²) >= 11 is 0. The van der Waals surface area contributed by atoms with Crippen LogP contribution in [-0.2, 0) is 14.3 Å². The van der Waals surface area contributed by atoms with Crippen LogP contribution in [0, 0.1) is 0 Å². The Hall–Kier alpha value is -1.45. The number of allylic oxidation sites excluding steroid dienone is 4. The lowest BCUT2D eigenvalue weighted by atomic mass is 9.95. The summed E-state index contributed by atoms with van der Waals surface area (Å²) in [5.74, 6) is -1.87. The smallest absolute Gasteiger partial charge is 0.348 e. The lowest BCUT2D eigenvalue weighted by Crippen LogP contribution is -2.29. The number of hydrogen-bond donors (Lipinski definition) is 0. The molecule has 0 aromatic rings. The molecule has 0 aliphatic heterocycles. The quantitative estimate of drug-likeness (QED) is 0.544. The minimum atomic E-state index is -2.18. The molecule has 0 radical (unpaired) electrons. The highest BCUT2D eigenvalue weighted by Gasteiger charge is 2.30. The zero-order valence-electron chi connectivity index (χ0n) is 9.46. The van der Waals surface area contributed by atoms with E-state index < -0.39 is 17.9 Å². The number of alkyl halides is 1. The van der Waals surface area contributed by atoms with Crippen molar-refractivity contribution in [2.45, 2.75) is 32.9 Å². The number of ketones is 1. The van der Waals surface area contributed by atoms with E-state index in [1.807, 2.05) is 13.0 Å². The second-order valence-corrected chi connectivity index (χ2v) is 3.64. The Morgan fingerprint density at radius 1 is 1.56 bits per heavy atom. The van der Waals surface area contributed by atoms with Crippen molar-refractivity contribution >= 4 is 11.8 Å². The zero-order valence-corrected chi connectivity index (χ0v) is 9.46. The van der Waals surface area contributed by atoms with E-state index >= 15 is 0 Å². The van der Waals surface area contributed by atoms with Crippen LogP contribution in [0.4, 0.5) is 4.39 Å². The standard InChI is InChI=1S/C12H15FO3/c1-3-16-12(15)10(13)11(14)9-6-4-5-8(2)7-9/h5,7,10H,3-4,6H2,1-2H3. The van der Waals surface area contributed by atoms with Gasteiger partial charge < -0.3 is 4.74 Å². The fraction of sp³-hybridized carbons (Fsp3) is 0.500. The van der Waals surface area contributed by atoms with Crippen molar-refractivity contribution in [1.82, 2.24) is 0 Å². The molecule has 0 aromatic heterocycles. The Labute approximate surface area is 94.0 Å². The average molecular weight is 226 g/mol. The van der Waals surface area contributed by atoms with Gasteiger partial charge in [0.25, 0.3) is 6.17 Å². The highest BCUT2D eigenvalue weighted by molar-refractivity contribution is 6.10. The molecule has 0 heterocycles. The number of esters is 1. The van der Waals surface area contributed by atoms with Gasteiger partial charge in [-0.15, -0.1) is 0 Å². The number of rotatable bonds is 4. The molecule has 16 heavy (non-hydrogen) atoms. The first-order valence-electron chi connectivity index (χ1n) is 5.28. The molecule has 0 N–H and O–H groups in total.